The van der Waals surface area contributed by atoms with Crippen LogP contribution in [0.1, 0.15) is 19.3 Å². The van der Waals surface area contributed by atoms with Gasteiger partial charge in [0.05, 0.1) is 11.0 Å². The molecule has 1 unspecified atom stereocenters. The van der Waals surface area contributed by atoms with Crippen molar-refractivity contribution in [2.24, 2.45) is 5.92 Å². The monoisotopic (exact) mass is 573 g/mol. The number of hydrogen-bond donors (Lipinski definition) is 0. The molecule has 1 nitrogen and oxygen atoms in total. The lowest BCUT2D eigenvalue weighted by molar-refractivity contribution is 0.618. The largest absolute Gasteiger partial charge is 0.312 e. The molecule has 212 valence electrons. The third kappa shape index (κ3) is 3.56. The molecule has 0 fully saturated rings. The number of hydrogen-bond acceptors (Lipinski definition) is 0. The fourth-order valence-corrected chi connectivity index (χ4v) is 8.46. The van der Waals surface area contributed by atoms with E-state index >= 15 is 0 Å². The molecule has 2 aliphatic rings. The van der Waals surface area contributed by atoms with Gasteiger partial charge in [-0.05, 0) is 92.1 Å². The molecule has 0 radical (unpaired) electrons. The number of benzene rings is 7. The van der Waals surface area contributed by atoms with Crippen LogP contribution in [0.25, 0.3) is 82.6 Å². The average molecular weight is 574 g/mol. The molecule has 1 atom stereocenters. The van der Waals surface area contributed by atoms with Crippen molar-refractivity contribution in [3.05, 3.63) is 150 Å². The first-order chi connectivity index (χ1) is 22.3. The normalized spacial score (nSPS) is 16.2. The standard InChI is InChI=1S/C44H31N/c1-2-12-28(13-3-1)39-27-40-34-17-7-9-19-36(34)44-43(42(40)35-18-8-6-16-33(35)39)37-20-10-11-21-41(37)45(44)31-25-24-30-23-22-29-14-4-5-15-32(29)38(30)26-31/h1-22,26-27,30H,23-25H2. The third-order valence-electron chi connectivity index (χ3n) is 10.4. The van der Waals surface area contributed by atoms with E-state index in [9.17, 15) is 0 Å². The van der Waals surface area contributed by atoms with Gasteiger partial charge in [0.15, 0.2) is 0 Å². The minimum absolute atomic E-state index is 0.592. The van der Waals surface area contributed by atoms with Gasteiger partial charge in [0.2, 0.25) is 0 Å². The second-order valence-corrected chi connectivity index (χ2v) is 12.7. The maximum atomic E-state index is 2.62. The summed E-state index contributed by atoms with van der Waals surface area (Å²) in [5.41, 5.74) is 8.07. The molecule has 2 aliphatic carbocycles. The van der Waals surface area contributed by atoms with Crippen LogP contribution in [0.4, 0.5) is 0 Å². The fraction of sp³-hybridized carbons (Fsp3) is 0.0909. The number of rotatable bonds is 2. The fourth-order valence-electron chi connectivity index (χ4n) is 8.46. The van der Waals surface area contributed by atoms with Crippen LogP contribution in [0.5, 0.6) is 0 Å². The number of aromatic nitrogens is 1. The van der Waals surface area contributed by atoms with Crippen molar-refractivity contribution in [1.82, 2.24) is 4.57 Å². The van der Waals surface area contributed by atoms with Gasteiger partial charge in [-0.2, -0.15) is 0 Å². The van der Waals surface area contributed by atoms with E-state index in [4.69, 9.17) is 0 Å². The van der Waals surface area contributed by atoms with Gasteiger partial charge in [-0.15, -0.1) is 0 Å². The molecule has 0 aliphatic heterocycles. The Balaban J connectivity index is 1.41. The van der Waals surface area contributed by atoms with Gasteiger partial charge in [0.1, 0.15) is 0 Å². The number of para-hydroxylation sites is 1. The van der Waals surface area contributed by atoms with Crippen LogP contribution in [0.2, 0.25) is 0 Å². The summed E-state index contributed by atoms with van der Waals surface area (Å²) in [7, 11) is 0. The second kappa shape index (κ2) is 9.55. The number of allylic oxidation sites excluding steroid dienone is 2. The van der Waals surface area contributed by atoms with E-state index in [0.29, 0.717) is 5.92 Å². The molecule has 1 heterocycles. The van der Waals surface area contributed by atoms with Crippen LogP contribution in [0, 0.1) is 5.92 Å². The predicted molar refractivity (Wildman–Crippen MR) is 193 cm³/mol. The molecule has 7 aromatic carbocycles. The van der Waals surface area contributed by atoms with Gasteiger partial charge in [0, 0.05) is 27.2 Å². The van der Waals surface area contributed by atoms with Gasteiger partial charge in [-0.3, -0.25) is 0 Å². The smallest absolute Gasteiger partial charge is 0.0622 e. The maximum absolute atomic E-state index is 2.62. The van der Waals surface area contributed by atoms with Crippen molar-refractivity contribution in [2.75, 3.05) is 0 Å². The van der Waals surface area contributed by atoms with E-state index in [1.807, 2.05) is 0 Å². The molecule has 45 heavy (non-hydrogen) atoms. The van der Waals surface area contributed by atoms with Crippen LogP contribution in [-0.2, 0) is 0 Å². The summed E-state index contributed by atoms with van der Waals surface area (Å²) in [4.78, 5) is 0. The van der Waals surface area contributed by atoms with Crippen molar-refractivity contribution >= 4 is 71.5 Å². The topological polar surface area (TPSA) is 4.93 Å². The first-order valence-corrected chi connectivity index (χ1v) is 16.2. The number of nitrogens with zero attached hydrogens (tertiary/aromatic N) is 1. The molecule has 8 aromatic rings. The lowest BCUT2D eigenvalue weighted by Crippen LogP contribution is -2.33. The Morgan fingerprint density at radius 1 is 0.556 bits per heavy atom. The summed E-state index contributed by atoms with van der Waals surface area (Å²) in [6.07, 6.45) is 8.36. The predicted octanol–water partition coefficient (Wildman–Crippen LogP) is 10.2. The van der Waals surface area contributed by atoms with E-state index < -0.39 is 0 Å². The second-order valence-electron chi connectivity index (χ2n) is 12.7. The minimum Gasteiger partial charge on any atom is -0.312 e. The summed E-state index contributed by atoms with van der Waals surface area (Å²) >= 11 is 0. The zero-order valence-corrected chi connectivity index (χ0v) is 25.0. The van der Waals surface area contributed by atoms with Crippen molar-refractivity contribution in [3.63, 3.8) is 0 Å². The highest BCUT2D eigenvalue weighted by Gasteiger charge is 2.26. The van der Waals surface area contributed by atoms with Crippen molar-refractivity contribution in [1.29, 1.82) is 0 Å². The Kier molecular flexibility index (Phi) is 5.30. The van der Waals surface area contributed by atoms with Crippen molar-refractivity contribution in [2.45, 2.75) is 19.3 Å². The molecule has 0 bridgehead atoms. The van der Waals surface area contributed by atoms with Crippen LogP contribution in [0.15, 0.2) is 140 Å². The van der Waals surface area contributed by atoms with Gasteiger partial charge in [-0.1, -0.05) is 127 Å². The van der Waals surface area contributed by atoms with E-state index in [0.717, 1.165) is 12.8 Å². The third-order valence-corrected chi connectivity index (χ3v) is 10.4. The highest BCUT2D eigenvalue weighted by atomic mass is 15.0. The van der Waals surface area contributed by atoms with E-state index in [-0.39, 0.29) is 0 Å². The zero-order chi connectivity index (χ0) is 29.5. The summed E-state index contributed by atoms with van der Waals surface area (Å²) in [6, 6.07) is 49.5. The number of fused-ring (bicyclic) bond motifs is 12. The molecule has 0 saturated heterocycles. The van der Waals surface area contributed by atoms with Crippen molar-refractivity contribution < 1.29 is 0 Å². The first kappa shape index (κ1) is 25.0. The highest BCUT2D eigenvalue weighted by molar-refractivity contribution is 6.38. The Labute approximate surface area is 261 Å². The lowest BCUT2D eigenvalue weighted by atomic mass is 9.81. The molecule has 0 saturated carbocycles. The SMILES string of the molecule is C1=C(n2c3ccccc3c3c4c5ccccc5c(-c5ccccc5)cc4c4ccccc4c32)CCC2CC=c3ccccc3=C12. The molecule has 1 heteroatoms. The van der Waals surface area contributed by atoms with E-state index in [2.05, 4.69) is 150 Å². The van der Waals surface area contributed by atoms with Crippen LogP contribution < -0.4 is 10.4 Å². The molecular weight excluding hydrogens is 542 g/mol. The van der Waals surface area contributed by atoms with Crippen LogP contribution >= 0.6 is 0 Å². The zero-order valence-electron chi connectivity index (χ0n) is 25.0. The highest BCUT2D eigenvalue weighted by Crippen LogP contribution is 2.48. The van der Waals surface area contributed by atoms with Crippen LogP contribution in [0.3, 0.4) is 0 Å². The first-order valence-electron chi connectivity index (χ1n) is 16.2. The van der Waals surface area contributed by atoms with E-state index in [1.165, 1.54) is 93.4 Å². The van der Waals surface area contributed by atoms with Gasteiger partial charge in [-0.25, -0.2) is 0 Å². The molecule has 10 rings (SSSR count). The van der Waals surface area contributed by atoms with Gasteiger partial charge < -0.3 is 4.57 Å². The van der Waals surface area contributed by atoms with E-state index in [1.54, 1.807) is 0 Å². The molecule has 0 spiro atoms. The Morgan fingerprint density at radius 2 is 1.24 bits per heavy atom. The quantitative estimate of drug-likeness (QED) is 0.181. The van der Waals surface area contributed by atoms with Crippen molar-refractivity contribution in [3.8, 4) is 11.1 Å². The molecule has 1 aromatic heterocycles. The molecular formula is C44H31N. The molecule has 0 N–H and O–H groups in total. The summed E-state index contributed by atoms with van der Waals surface area (Å²) in [5.74, 6) is 0.592. The summed E-state index contributed by atoms with van der Waals surface area (Å²) < 4.78 is 2.62. The van der Waals surface area contributed by atoms with Gasteiger partial charge in [0.25, 0.3) is 0 Å². The Hall–Kier alpha value is -5.40. The summed E-state index contributed by atoms with van der Waals surface area (Å²) in [5, 5.41) is 13.4. The average Bonchev–Trinajstić information content (AvgIpc) is 3.46. The summed E-state index contributed by atoms with van der Waals surface area (Å²) in [6.45, 7) is 0. The molecule has 0 amide bonds. The maximum Gasteiger partial charge on any atom is 0.0622 e. The minimum atomic E-state index is 0.592. The Morgan fingerprint density at radius 3 is 2.11 bits per heavy atom. The lowest BCUT2D eigenvalue weighted by Gasteiger charge is -2.28. The Bertz CT molecular complexity index is 2670. The van der Waals surface area contributed by atoms with Gasteiger partial charge >= 0.3 is 0 Å². The van der Waals surface area contributed by atoms with Crippen LogP contribution in [-0.4, -0.2) is 4.57 Å².